The SMILES string of the molecule is CCC1CC(C(=O)O)C(C(=O)Nc2nnc(C)o2)C1. The van der Waals surface area contributed by atoms with Gasteiger partial charge in [0.25, 0.3) is 0 Å². The maximum absolute atomic E-state index is 12.1. The molecule has 19 heavy (non-hydrogen) atoms. The van der Waals surface area contributed by atoms with Crippen LogP contribution in [0.3, 0.4) is 0 Å². The number of aromatic nitrogens is 2. The number of carboxylic acid groups (broad SMARTS) is 1. The second kappa shape index (κ2) is 5.38. The first kappa shape index (κ1) is 13.5. The minimum absolute atomic E-state index is 0.0200. The summed E-state index contributed by atoms with van der Waals surface area (Å²) in [5, 5.41) is 19.0. The van der Waals surface area contributed by atoms with Crippen molar-refractivity contribution in [2.75, 3.05) is 5.32 Å². The first-order valence-electron chi connectivity index (χ1n) is 6.35. The van der Waals surface area contributed by atoms with E-state index in [4.69, 9.17) is 4.42 Å². The van der Waals surface area contributed by atoms with Crippen LogP contribution >= 0.6 is 0 Å². The highest BCUT2D eigenvalue weighted by atomic mass is 16.4. The van der Waals surface area contributed by atoms with Gasteiger partial charge >= 0.3 is 12.0 Å². The van der Waals surface area contributed by atoms with E-state index in [-0.39, 0.29) is 17.8 Å². The molecule has 7 nitrogen and oxygen atoms in total. The Morgan fingerprint density at radius 1 is 1.37 bits per heavy atom. The number of nitrogens with zero attached hydrogens (tertiary/aromatic N) is 2. The van der Waals surface area contributed by atoms with Gasteiger partial charge in [-0.3, -0.25) is 14.9 Å². The van der Waals surface area contributed by atoms with Crippen LogP contribution < -0.4 is 5.32 Å². The monoisotopic (exact) mass is 267 g/mol. The molecule has 1 fully saturated rings. The number of rotatable bonds is 4. The second-order valence-corrected chi connectivity index (χ2v) is 4.91. The molecule has 0 aliphatic heterocycles. The molecule has 3 atom stereocenters. The molecule has 1 aliphatic carbocycles. The lowest BCUT2D eigenvalue weighted by atomic mass is 9.95. The van der Waals surface area contributed by atoms with Gasteiger partial charge in [-0.1, -0.05) is 18.4 Å². The summed E-state index contributed by atoms with van der Waals surface area (Å²) in [6, 6.07) is 0.0200. The first-order chi connectivity index (χ1) is 9.01. The fraction of sp³-hybridized carbons (Fsp3) is 0.667. The zero-order valence-electron chi connectivity index (χ0n) is 10.9. The van der Waals surface area contributed by atoms with Gasteiger partial charge in [0.15, 0.2) is 0 Å². The number of carbonyl (C=O) groups excluding carboxylic acids is 1. The lowest BCUT2D eigenvalue weighted by molar-refractivity contribution is -0.145. The molecule has 1 aromatic heterocycles. The van der Waals surface area contributed by atoms with Crippen LogP contribution in [0.5, 0.6) is 0 Å². The highest BCUT2D eigenvalue weighted by molar-refractivity contribution is 5.93. The Bertz CT molecular complexity index is 485. The Kier molecular flexibility index (Phi) is 3.82. The highest BCUT2D eigenvalue weighted by Gasteiger charge is 2.42. The number of carbonyl (C=O) groups is 2. The highest BCUT2D eigenvalue weighted by Crippen LogP contribution is 2.38. The van der Waals surface area contributed by atoms with E-state index in [0.717, 1.165) is 6.42 Å². The van der Waals surface area contributed by atoms with Gasteiger partial charge in [-0.25, -0.2) is 0 Å². The van der Waals surface area contributed by atoms with E-state index in [1.165, 1.54) is 0 Å². The van der Waals surface area contributed by atoms with Crippen LogP contribution in [0.2, 0.25) is 0 Å². The maximum atomic E-state index is 12.1. The van der Waals surface area contributed by atoms with Crippen LogP contribution in [-0.2, 0) is 9.59 Å². The van der Waals surface area contributed by atoms with Crippen molar-refractivity contribution in [1.82, 2.24) is 10.2 Å². The van der Waals surface area contributed by atoms with Crippen molar-refractivity contribution in [1.29, 1.82) is 0 Å². The summed E-state index contributed by atoms with van der Waals surface area (Å²) >= 11 is 0. The van der Waals surface area contributed by atoms with E-state index in [9.17, 15) is 14.7 Å². The average molecular weight is 267 g/mol. The zero-order valence-corrected chi connectivity index (χ0v) is 10.9. The lowest BCUT2D eigenvalue weighted by Crippen LogP contribution is -2.30. The van der Waals surface area contributed by atoms with E-state index in [1.54, 1.807) is 6.92 Å². The van der Waals surface area contributed by atoms with E-state index in [2.05, 4.69) is 15.5 Å². The van der Waals surface area contributed by atoms with Crippen molar-refractivity contribution in [2.45, 2.75) is 33.1 Å². The standard InChI is InChI=1S/C12H17N3O4/c1-3-7-4-8(9(5-7)11(17)18)10(16)13-12-15-14-6(2)19-12/h7-9H,3-5H2,1-2H3,(H,17,18)(H,13,15,16). The number of anilines is 1. The number of aliphatic carboxylic acids is 1. The average Bonchev–Trinajstić information content (AvgIpc) is 2.95. The number of hydrogen-bond acceptors (Lipinski definition) is 5. The van der Waals surface area contributed by atoms with E-state index in [1.807, 2.05) is 6.92 Å². The second-order valence-electron chi connectivity index (χ2n) is 4.91. The molecular weight excluding hydrogens is 250 g/mol. The molecule has 2 N–H and O–H groups in total. The van der Waals surface area contributed by atoms with Crippen LogP contribution in [0.15, 0.2) is 4.42 Å². The normalized spacial score (nSPS) is 26.3. The third kappa shape index (κ3) is 2.91. The van der Waals surface area contributed by atoms with Crippen molar-refractivity contribution < 1.29 is 19.1 Å². The van der Waals surface area contributed by atoms with Crippen LogP contribution in [0.1, 0.15) is 32.1 Å². The van der Waals surface area contributed by atoms with Gasteiger partial charge in [0.1, 0.15) is 0 Å². The number of carboxylic acids is 1. The van der Waals surface area contributed by atoms with Gasteiger partial charge in [-0.05, 0) is 18.8 Å². The molecule has 0 spiro atoms. The maximum Gasteiger partial charge on any atom is 0.322 e. The van der Waals surface area contributed by atoms with E-state index in [0.29, 0.717) is 18.7 Å². The summed E-state index contributed by atoms with van der Waals surface area (Å²) in [5.41, 5.74) is 0. The fourth-order valence-corrected chi connectivity index (χ4v) is 2.58. The molecule has 2 rings (SSSR count). The predicted octanol–water partition coefficient (Wildman–Crippen LogP) is 1.45. The van der Waals surface area contributed by atoms with Gasteiger partial charge in [0.2, 0.25) is 11.8 Å². The molecule has 0 saturated heterocycles. The van der Waals surface area contributed by atoms with Gasteiger partial charge < -0.3 is 9.52 Å². The van der Waals surface area contributed by atoms with Gasteiger partial charge in [-0.15, -0.1) is 5.10 Å². The third-order valence-corrected chi connectivity index (χ3v) is 3.65. The summed E-state index contributed by atoms with van der Waals surface area (Å²) in [6.45, 7) is 3.62. The summed E-state index contributed by atoms with van der Waals surface area (Å²) < 4.78 is 5.06. The third-order valence-electron chi connectivity index (χ3n) is 3.65. The van der Waals surface area contributed by atoms with Crippen molar-refractivity contribution in [3.8, 4) is 0 Å². The van der Waals surface area contributed by atoms with Crippen LogP contribution in [0.25, 0.3) is 0 Å². The van der Waals surface area contributed by atoms with Gasteiger partial charge in [0.05, 0.1) is 11.8 Å². The van der Waals surface area contributed by atoms with E-state index >= 15 is 0 Å². The molecule has 0 aromatic carbocycles. The summed E-state index contributed by atoms with van der Waals surface area (Å²) in [5.74, 6) is -1.81. The number of aryl methyl sites for hydroxylation is 1. The van der Waals surface area contributed by atoms with Crippen molar-refractivity contribution >= 4 is 17.9 Å². The fourth-order valence-electron chi connectivity index (χ4n) is 2.58. The number of nitrogens with one attached hydrogen (secondary N) is 1. The molecule has 1 heterocycles. The minimum atomic E-state index is -0.919. The van der Waals surface area contributed by atoms with Crippen LogP contribution in [0.4, 0.5) is 6.01 Å². The molecule has 0 radical (unpaired) electrons. The number of amides is 1. The van der Waals surface area contributed by atoms with Crippen molar-refractivity contribution in [3.05, 3.63) is 5.89 Å². The molecule has 1 amide bonds. The van der Waals surface area contributed by atoms with Crippen molar-refractivity contribution in [2.24, 2.45) is 17.8 Å². The molecule has 3 unspecified atom stereocenters. The summed E-state index contributed by atoms with van der Waals surface area (Å²) in [4.78, 5) is 23.3. The van der Waals surface area contributed by atoms with Gasteiger partial charge in [-0.2, -0.15) is 0 Å². The molecule has 7 heteroatoms. The smallest absolute Gasteiger partial charge is 0.322 e. The van der Waals surface area contributed by atoms with Crippen LogP contribution in [0, 0.1) is 24.7 Å². The topological polar surface area (TPSA) is 105 Å². The quantitative estimate of drug-likeness (QED) is 0.855. The Labute approximate surface area is 110 Å². The summed E-state index contributed by atoms with van der Waals surface area (Å²) in [7, 11) is 0. The molecule has 1 aromatic rings. The van der Waals surface area contributed by atoms with Crippen molar-refractivity contribution in [3.63, 3.8) is 0 Å². The Morgan fingerprint density at radius 2 is 2.05 bits per heavy atom. The zero-order chi connectivity index (χ0) is 14.0. The predicted molar refractivity (Wildman–Crippen MR) is 65.3 cm³/mol. The lowest BCUT2D eigenvalue weighted by Gasteiger charge is -2.13. The first-order valence-corrected chi connectivity index (χ1v) is 6.35. The molecular formula is C12H17N3O4. The molecule has 1 aliphatic rings. The largest absolute Gasteiger partial charge is 0.481 e. The van der Waals surface area contributed by atoms with E-state index < -0.39 is 17.8 Å². The van der Waals surface area contributed by atoms with Crippen LogP contribution in [-0.4, -0.2) is 27.2 Å². The Hall–Kier alpha value is -1.92. The molecule has 0 bridgehead atoms. The minimum Gasteiger partial charge on any atom is -0.481 e. The van der Waals surface area contributed by atoms with Gasteiger partial charge in [0, 0.05) is 6.92 Å². The summed E-state index contributed by atoms with van der Waals surface area (Å²) in [6.07, 6.45) is 2.02. The molecule has 104 valence electrons. The number of hydrogen-bond donors (Lipinski definition) is 2. The Morgan fingerprint density at radius 3 is 2.58 bits per heavy atom. The Balaban J connectivity index is 2.06. The molecule has 1 saturated carbocycles.